The van der Waals surface area contributed by atoms with E-state index in [0.717, 1.165) is 19.1 Å². The number of aliphatic carboxylic acids is 1. The molecule has 0 fully saturated rings. The largest absolute Gasteiger partial charge is 0.491 e. The molecular weight excluding hydrogens is 295 g/mol. The average molecular weight is 314 g/mol. The molecular formula is C14H19FN2O5. The van der Waals surface area contributed by atoms with Gasteiger partial charge in [-0.25, -0.2) is 14.0 Å². The Bertz CT molecular complexity index is 548. The summed E-state index contributed by atoms with van der Waals surface area (Å²) in [6.07, 6.45) is 0.712. The van der Waals surface area contributed by atoms with Crippen LogP contribution in [0.25, 0.3) is 0 Å². The smallest absolute Gasteiger partial charge is 0.337 e. The molecule has 0 aromatic heterocycles. The molecule has 1 atom stereocenters. The summed E-state index contributed by atoms with van der Waals surface area (Å²) >= 11 is 0. The van der Waals surface area contributed by atoms with E-state index in [2.05, 4.69) is 10.6 Å². The molecule has 0 aliphatic rings. The number of aliphatic hydroxyl groups is 1. The lowest BCUT2D eigenvalue weighted by Gasteiger charge is -2.19. The van der Waals surface area contributed by atoms with Gasteiger partial charge in [0.05, 0.1) is 18.8 Å². The molecule has 4 N–H and O–H groups in total. The Kier molecular flexibility index (Phi) is 6.11. The van der Waals surface area contributed by atoms with Gasteiger partial charge in [0.1, 0.15) is 11.6 Å². The van der Waals surface area contributed by atoms with E-state index in [0.29, 0.717) is 13.0 Å². The second kappa shape index (κ2) is 7.60. The summed E-state index contributed by atoms with van der Waals surface area (Å²) in [7, 11) is 0. The number of urea groups is 1. The van der Waals surface area contributed by atoms with E-state index in [-0.39, 0.29) is 11.4 Å². The zero-order chi connectivity index (χ0) is 16.8. The first-order chi connectivity index (χ1) is 10.3. The summed E-state index contributed by atoms with van der Waals surface area (Å²) in [5, 5.41) is 22.9. The van der Waals surface area contributed by atoms with Gasteiger partial charge in [-0.2, -0.15) is 0 Å². The van der Waals surface area contributed by atoms with Crippen molar-refractivity contribution in [2.45, 2.75) is 25.9 Å². The maximum Gasteiger partial charge on any atom is 0.337 e. The van der Waals surface area contributed by atoms with Crippen molar-refractivity contribution in [1.29, 1.82) is 0 Å². The molecule has 0 aliphatic heterocycles. The summed E-state index contributed by atoms with van der Waals surface area (Å²) in [5.41, 5.74) is -1.84. The zero-order valence-electron chi connectivity index (χ0n) is 12.4. The van der Waals surface area contributed by atoms with E-state index in [1.807, 2.05) is 6.92 Å². The van der Waals surface area contributed by atoms with E-state index in [9.17, 15) is 19.1 Å². The molecule has 122 valence electrons. The van der Waals surface area contributed by atoms with Gasteiger partial charge in [-0.3, -0.25) is 0 Å². The molecule has 22 heavy (non-hydrogen) atoms. The highest BCUT2D eigenvalue weighted by molar-refractivity contribution is 5.91. The summed E-state index contributed by atoms with van der Waals surface area (Å²) in [6, 6.07) is 2.88. The molecule has 0 bridgehead atoms. The van der Waals surface area contributed by atoms with Gasteiger partial charge < -0.3 is 25.6 Å². The molecule has 0 spiro atoms. The van der Waals surface area contributed by atoms with E-state index in [1.54, 1.807) is 0 Å². The van der Waals surface area contributed by atoms with Gasteiger partial charge in [0.25, 0.3) is 0 Å². The summed E-state index contributed by atoms with van der Waals surface area (Å²) in [6.45, 7) is 2.81. The Balaban J connectivity index is 2.69. The Morgan fingerprint density at radius 1 is 1.41 bits per heavy atom. The minimum absolute atomic E-state index is 0.169. The van der Waals surface area contributed by atoms with Crippen LogP contribution in [0.5, 0.6) is 5.75 Å². The molecule has 0 heterocycles. The molecule has 8 heteroatoms. The molecule has 0 saturated carbocycles. The molecule has 1 aromatic rings. The van der Waals surface area contributed by atoms with Crippen molar-refractivity contribution in [3.05, 3.63) is 24.0 Å². The Hall–Kier alpha value is -2.35. The first kappa shape index (κ1) is 17.7. The van der Waals surface area contributed by atoms with Crippen LogP contribution in [0.3, 0.4) is 0 Å². The minimum Gasteiger partial charge on any atom is -0.491 e. The van der Waals surface area contributed by atoms with Crippen LogP contribution in [0.2, 0.25) is 0 Å². The fourth-order valence-electron chi connectivity index (χ4n) is 1.43. The monoisotopic (exact) mass is 314 g/mol. The maximum atomic E-state index is 13.2. The Labute approximate surface area is 127 Å². The minimum atomic E-state index is -2.08. The third kappa shape index (κ3) is 5.21. The summed E-state index contributed by atoms with van der Waals surface area (Å²) in [4.78, 5) is 22.4. The van der Waals surface area contributed by atoms with Crippen molar-refractivity contribution in [2.75, 3.05) is 18.5 Å². The van der Waals surface area contributed by atoms with Gasteiger partial charge >= 0.3 is 12.0 Å². The second-order valence-electron chi connectivity index (χ2n) is 4.88. The highest BCUT2D eigenvalue weighted by Gasteiger charge is 2.30. The SMILES string of the molecule is CCCOc1cc(F)ccc1NC(=O)NCC(C)(O)C(=O)O. The maximum absolute atomic E-state index is 13.2. The van der Waals surface area contributed by atoms with Crippen molar-refractivity contribution in [2.24, 2.45) is 0 Å². The van der Waals surface area contributed by atoms with E-state index < -0.39 is 30.0 Å². The lowest BCUT2D eigenvalue weighted by Crippen LogP contribution is -2.47. The number of carbonyl (C=O) groups excluding carboxylic acids is 1. The highest BCUT2D eigenvalue weighted by Crippen LogP contribution is 2.25. The predicted octanol–water partition coefficient (Wildman–Crippen LogP) is 1.57. The van der Waals surface area contributed by atoms with Gasteiger partial charge in [0, 0.05) is 6.07 Å². The molecule has 1 unspecified atom stereocenters. The predicted molar refractivity (Wildman–Crippen MR) is 77.5 cm³/mol. The average Bonchev–Trinajstić information content (AvgIpc) is 2.45. The number of hydrogen-bond donors (Lipinski definition) is 4. The van der Waals surface area contributed by atoms with Crippen molar-refractivity contribution in [3.8, 4) is 5.75 Å². The van der Waals surface area contributed by atoms with Gasteiger partial charge in [0.15, 0.2) is 5.60 Å². The van der Waals surface area contributed by atoms with Gasteiger partial charge in [-0.15, -0.1) is 0 Å². The number of carboxylic acid groups (broad SMARTS) is 1. The number of halogens is 1. The van der Waals surface area contributed by atoms with Gasteiger partial charge in [-0.05, 0) is 25.5 Å². The Morgan fingerprint density at radius 3 is 2.68 bits per heavy atom. The third-order valence-corrected chi connectivity index (χ3v) is 2.71. The van der Waals surface area contributed by atoms with Gasteiger partial charge in [-0.1, -0.05) is 6.92 Å². The first-order valence-corrected chi connectivity index (χ1v) is 6.69. The van der Waals surface area contributed by atoms with Crippen molar-refractivity contribution >= 4 is 17.7 Å². The lowest BCUT2D eigenvalue weighted by molar-refractivity contribution is -0.155. The standard InChI is InChI=1S/C14H19FN2O5/c1-3-6-22-11-7-9(15)4-5-10(11)17-13(20)16-8-14(2,21)12(18)19/h4-5,7,21H,3,6,8H2,1-2H3,(H,18,19)(H2,16,17,20). The summed E-state index contributed by atoms with van der Waals surface area (Å²) < 4.78 is 18.5. The molecule has 2 amide bonds. The van der Waals surface area contributed by atoms with Crippen LogP contribution in [0, 0.1) is 5.82 Å². The second-order valence-corrected chi connectivity index (χ2v) is 4.88. The molecule has 0 aliphatic carbocycles. The number of hydrogen-bond acceptors (Lipinski definition) is 4. The zero-order valence-corrected chi connectivity index (χ0v) is 12.4. The van der Waals surface area contributed by atoms with Crippen LogP contribution in [-0.2, 0) is 4.79 Å². The van der Waals surface area contributed by atoms with Crippen LogP contribution in [0.15, 0.2) is 18.2 Å². The van der Waals surface area contributed by atoms with Crippen molar-refractivity contribution < 1.29 is 28.9 Å². The number of nitrogens with one attached hydrogen (secondary N) is 2. The number of carbonyl (C=O) groups is 2. The number of ether oxygens (including phenoxy) is 1. The van der Waals surface area contributed by atoms with E-state index in [1.165, 1.54) is 6.07 Å². The Morgan fingerprint density at radius 2 is 2.09 bits per heavy atom. The molecule has 7 nitrogen and oxygen atoms in total. The van der Waals surface area contributed by atoms with Crippen LogP contribution >= 0.6 is 0 Å². The molecule has 1 aromatic carbocycles. The number of rotatable bonds is 7. The number of amides is 2. The molecule has 0 radical (unpaired) electrons. The van der Waals surface area contributed by atoms with Crippen LogP contribution < -0.4 is 15.4 Å². The van der Waals surface area contributed by atoms with Crippen LogP contribution in [0.4, 0.5) is 14.9 Å². The van der Waals surface area contributed by atoms with E-state index in [4.69, 9.17) is 9.84 Å². The quantitative estimate of drug-likeness (QED) is 0.611. The fourth-order valence-corrected chi connectivity index (χ4v) is 1.43. The van der Waals surface area contributed by atoms with E-state index >= 15 is 0 Å². The van der Waals surface area contributed by atoms with Crippen LogP contribution in [0.1, 0.15) is 20.3 Å². The first-order valence-electron chi connectivity index (χ1n) is 6.69. The van der Waals surface area contributed by atoms with Crippen molar-refractivity contribution in [3.63, 3.8) is 0 Å². The number of benzene rings is 1. The fraction of sp³-hybridized carbons (Fsp3) is 0.429. The normalized spacial score (nSPS) is 13.1. The number of carboxylic acids is 1. The van der Waals surface area contributed by atoms with Crippen LogP contribution in [-0.4, -0.2) is 41.0 Å². The van der Waals surface area contributed by atoms with Crippen molar-refractivity contribution in [1.82, 2.24) is 5.32 Å². The highest BCUT2D eigenvalue weighted by atomic mass is 19.1. The topological polar surface area (TPSA) is 108 Å². The summed E-state index contributed by atoms with van der Waals surface area (Å²) in [5.74, 6) is -1.80. The third-order valence-electron chi connectivity index (χ3n) is 2.71. The van der Waals surface area contributed by atoms with Gasteiger partial charge in [0.2, 0.25) is 0 Å². The molecule has 1 rings (SSSR count). The molecule has 0 saturated heterocycles. The lowest BCUT2D eigenvalue weighted by atomic mass is 10.1. The number of anilines is 1.